The van der Waals surface area contributed by atoms with Gasteiger partial charge in [0, 0.05) is 12.7 Å². The van der Waals surface area contributed by atoms with Crippen LogP contribution in [-0.4, -0.2) is 12.9 Å². The quantitative estimate of drug-likeness (QED) is 0.789. The fraction of sp³-hybridized carbons (Fsp3) is 0.133. The van der Waals surface area contributed by atoms with E-state index in [1.165, 1.54) is 19.2 Å². The first-order valence-electron chi connectivity index (χ1n) is 5.70. The fourth-order valence-electron chi connectivity index (χ4n) is 1.85. The number of ether oxygens (including phenoxy) is 1. The molecule has 2 aromatic rings. The first-order valence-corrected chi connectivity index (χ1v) is 6.08. The molecule has 0 radical (unpaired) electrons. The van der Waals surface area contributed by atoms with Gasteiger partial charge in [-0.3, -0.25) is 4.79 Å². The Kier molecular flexibility index (Phi) is 4.30. The maximum atomic E-state index is 13.2. The minimum atomic E-state index is -0.791. The molecular weight excluding hydrogens is 267 g/mol. The highest BCUT2D eigenvalue weighted by molar-refractivity contribution is 6.34. The van der Waals surface area contributed by atoms with Crippen molar-refractivity contribution < 1.29 is 13.9 Å². The molecule has 0 N–H and O–H groups in total. The Balaban J connectivity index is 2.39. The molecule has 2 aromatic carbocycles. The average molecular weight is 279 g/mol. The van der Waals surface area contributed by atoms with Gasteiger partial charge in [-0.05, 0) is 23.8 Å². The lowest BCUT2D eigenvalue weighted by molar-refractivity contribution is 0.0604. The highest BCUT2D eigenvalue weighted by atomic mass is 35.5. The molecule has 0 aliphatic carbocycles. The summed E-state index contributed by atoms with van der Waals surface area (Å²) in [4.78, 5) is 12.4. The number of benzene rings is 2. The van der Waals surface area contributed by atoms with Crippen molar-refractivity contribution in [3.63, 3.8) is 0 Å². The van der Waals surface area contributed by atoms with Gasteiger partial charge >= 0.3 is 0 Å². The molecule has 0 spiro atoms. The zero-order chi connectivity index (χ0) is 13.8. The number of hydrogen-bond donors (Lipinski definition) is 0. The summed E-state index contributed by atoms with van der Waals surface area (Å²) in [6.45, 7) is 0. The number of halogens is 2. The predicted molar refractivity (Wildman–Crippen MR) is 71.9 cm³/mol. The molecule has 0 heterocycles. The molecular formula is C15H12ClFO2. The fourth-order valence-corrected chi connectivity index (χ4v) is 2.06. The van der Waals surface area contributed by atoms with E-state index in [1.807, 2.05) is 18.2 Å². The minimum Gasteiger partial charge on any atom is -0.369 e. The molecule has 2 rings (SSSR count). The highest BCUT2D eigenvalue weighted by Crippen LogP contribution is 2.26. The molecule has 4 heteroatoms. The van der Waals surface area contributed by atoms with E-state index in [0.717, 1.165) is 6.07 Å². The Morgan fingerprint density at radius 1 is 1.21 bits per heavy atom. The second-order valence-electron chi connectivity index (χ2n) is 4.01. The van der Waals surface area contributed by atoms with Crippen LogP contribution in [0.2, 0.25) is 5.02 Å². The van der Waals surface area contributed by atoms with Crippen LogP contribution < -0.4 is 0 Å². The lowest BCUT2D eigenvalue weighted by Crippen LogP contribution is -2.15. The van der Waals surface area contributed by atoms with Gasteiger partial charge in [0.05, 0.1) is 5.02 Å². The van der Waals surface area contributed by atoms with Gasteiger partial charge in [-0.1, -0.05) is 41.9 Å². The monoisotopic (exact) mass is 278 g/mol. The van der Waals surface area contributed by atoms with E-state index in [-0.39, 0.29) is 16.4 Å². The van der Waals surface area contributed by atoms with Crippen LogP contribution in [-0.2, 0) is 4.74 Å². The van der Waals surface area contributed by atoms with Crippen molar-refractivity contribution in [2.24, 2.45) is 0 Å². The van der Waals surface area contributed by atoms with Crippen molar-refractivity contribution in [2.75, 3.05) is 7.11 Å². The van der Waals surface area contributed by atoms with Crippen LogP contribution in [0.5, 0.6) is 0 Å². The Bertz CT molecular complexity index is 584. The van der Waals surface area contributed by atoms with E-state index in [2.05, 4.69) is 0 Å². The summed E-state index contributed by atoms with van der Waals surface area (Å²) in [6.07, 6.45) is -0.791. The Morgan fingerprint density at radius 3 is 2.53 bits per heavy atom. The summed E-state index contributed by atoms with van der Waals surface area (Å²) in [5.74, 6) is -0.867. The smallest absolute Gasteiger partial charge is 0.197 e. The predicted octanol–water partition coefficient (Wildman–Crippen LogP) is 4.05. The molecule has 0 saturated carbocycles. The summed E-state index contributed by atoms with van der Waals surface area (Å²) in [5, 5.41) is 0.212. The SMILES string of the molecule is COC(C(=O)c1cc(F)ccc1Cl)c1ccccc1. The first kappa shape index (κ1) is 13.7. The van der Waals surface area contributed by atoms with Gasteiger partial charge in [0.1, 0.15) is 11.9 Å². The number of carbonyl (C=O) groups excluding carboxylic acids is 1. The number of ketones is 1. The van der Waals surface area contributed by atoms with Crippen LogP contribution in [0.1, 0.15) is 22.0 Å². The molecule has 0 bridgehead atoms. The number of carbonyl (C=O) groups is 1. The summed E-state index contributed by atoms with van der Waals surface area (Å²) >= 11 is 5.94. The van der Waals surface area contributed by atoms with Gasteiger partial charge in [0.15, 0.2) is 5.78 Å². The second-order valence-corrected chi connectivity index (χ2v) is 4.42. The standard InChI is InChI=1S/C15H12ClFO2/c1-19-15(10-5-3-2-4-6-10)14(18)12-9-11(17)7-8-13(12)16/h2-9,15H,1H3. The van der Waals surface area contributed by atoms with Crippen molar-refractivity contribution >= 4 is 17.4 Å². The number of Topliss-reactive ketones (excluding diaryl/α,β-unsaturated/α-hetero) is 1. The Labute approximate surface area is 115 Å². The molecule has 0 saturated heterocycles. The van der Waals surface area contributed by atoms with Crippen LogP contribution in [0.15, 0.2) is 48.5 Å². The second kappa shape index (κ2) is 5.95. The molecule has 0 fully saturated rings. The van der Waals surface area contributed by atoms with Gasteiger partial charge < -0.3 is 4.74 Å². The summed E-state index contributed by atoms with van der Waals surface area (Å²) in [6, 6.07) is 12.7. The molecule has 19 heavy (non-hydrogen) atoms. The van der Waals surface area contributed by atoms with E-state index in [1.54, 1.807) is 12.1 Å². The first-order chi connectivity index (χ1) is 9.13. The average Bonchev–Trinajstić information content (AvgIpc) is 2.43. The van der Waals surface area contributed by atoms with Gasteiger partial charge in [-0.15, -0.1) is 0 Å². The van der Waals surface area contributed by atoms with Crippen LogP contribution >= 0.6 is 11.6 Å². The van der Waals surface area contributed by atoms with Crippen LogP contribution in [0, 0.1) is 5.82 Å². The molecule has 0 amide bonds. The minimum absolute atomic E-state index is 0.123. The summed E-state index contributed by atoms with van der Waals surface area (Å²) in [7, 11) is 1.43. The summed E-state index contributed by atoms with van der Waals surface area (Å²) in [5.41, 5.74) is 0.827. The Hall–Kier alpha value is -1.71. The van der Waals surface area contributed by atoms with Crippen LogP contribution in [0.4, 0.5) is 4.39 Å². The van der Waals surface area contributed by atoms with Crippen molar-refractivity contribution in [2.45, 2.75) is 6.10 Å². The van der Waals surface area contributed by atoms with Gasteiger partial charge in [0.25, 0.3) is 0 Å². The molecule has 98 valence electrons. The van der Waals surface area contributed by atoms with Crippen LogP contribution in [0.3, 0.4) is 0 Å². The lowest BCUT2D eigenvalue weighted by atomic mass is 9.99. The third-order valence-electron chi connectivity index (χ3n) is 2.77. The number of methoxy groups -OCH3 is 1. The zero-order valence-corrected chi connectivity index (χ0v) is 11.0. The van der Waals surface area contributed by atoms with Crippen molar-refractivity contribution in [1.82, 2.24) is 0 Å². The van der Waals surface area contributed by atoms with Crippen molar-refractivity contribution in [1.29, 1.82) is 0 Å². The molecule has 1 unspecified atom stereocenters. The van der Waals surface area contributed by atoms with Crippen molar-refractivity contribution in [3.8, 4) is 0 Å². The van der Waals surface area contributed by atoms with Crippen molar-refractivity contribution in [3.05, 3.63) is 70.5 Å². The summed E-state index contributed by atoms with van der Waals surface area (Å²) < 4.78 is 18.4. The molecule has 2 nitrogen and oxygen atoms in total. The van der Waals surface area contributed by atoms with E-state index < -0.39 is 11.9 Å². The highest BCUT2D eigenvalue weighted by Gasteiger charge is 2.23. The zero-order valence-electron chi connectivity index (χ0n) is 10.3. The maximum absolute atomic E-state index is 13.2. The lowest BCUT2D eigenvalue weighted by Gasteiger charge is -2.15. The van der Waals surface area contributed by atoms with E-state index in [0.29, 0.717) is 5.56 Å². The van der Waals surface area contributed by atoms with Crippen LogP contribution in [0.25, 0.3) is 0 Å². The number of hydrogen-bond acceptors (Lipinski definition) is 2. The van der Waals surface area contributed by atoms with E-state index in [4.69, 9.17) is 16.3 Å². The Morgan fingerprint density at radius 2 is 1.89 bits per heavy atom. The molecule has 0 aromatic heterocycles. The van der Waals surface area contributed by atoms with Gasteiger partial charge in [-0.25, -0.2) is 4.39 Å². The van der Waals surface area contributed by atoms with Gasteiger partial charge in [-0.2, -0.15) is 0 Å². The third-order valence-corrected chi connectivity index (χ3v) is 3.10. The normalized spacial score (nSPS) is 12.2. The number of rotatable bonds is 4. The third kappa shape index (κ3) is 3.00. The molecule has 0 aliphatic rings. The largest absolute Gasteiger partial charge is 0.369 e. The topological polar surface area (TPSA) is 26.3 Å². The van der Waals surface area contributed by atoms with E-state index in [9.17, 15) is 9.18 Å². The molecule has 1 atom stereocenters. The maximum Gasteiger partial charge on any atom is 0.197 e. The molecule has 0 aliphatic heterocycles. The van der Waals surface area contributed by atoms with Gasteiger partial charge in [0.2, 0.25) is 0 Å². The van der Waals surface area contributed by atoms with E-state index >= 15 is 0 Å².